The lowest BCUT2D eigenvalue weighted by Crippen LogP contribution is -2.27. The van der Waals surface area contributed by atoms with Crippen molar-refractivity contribution < 1.29 is 0 Å². The maximum absolute atomic E-state index is 5.46. The van der Waals surface area contributed by atoms with Crippen molar-refractivity contribution in [2.45, 2.75) is 45.1 Å². The highest BCUT2D eigenvalue weighted by Crippen LogP contribution is 2.31. The average Bonchev–Trinajstić information content (AvgIpc) is 2.96. The number of fused-ring (bicyclic) bond motifs is 1. The molecule has 2 aromatic heterocycles. The van der Waals surface area contributed by atoms with Gasteiger partial charge < -0.3 is 5.32 Å². The van der Waals surface area contributed by atoms with Crippen molar-refractivity contribution in [3.05, 3.63) is 11.4 Å². The van der Waals surface area contributed by atoms with Crippen molar-refractivity contribution in [2.75, 3.05) is 10.7 Å². The summed E-state index contributed by atoms with van der Waals surface area (Å²) in [5.41, 5.74) is 2.55. The number of nitrogen functional groups attached to an aromatic ring is 1. The number of anilines is 2. The molecule has 0 bridgehead atoms. The molecule has 1 aliphatic carbocycles. The Morgan fingerprint density at radius 1 is 1.40 bits per heavy atom. The van der Waals surface area contributed by atoms with Crippen LogP contribution in [-0.2, 0) is 0 Å². The van der Waals surface area contributed by atoms with E-state index >= 15 is 0 Å². The van der Waals surface area contributed by atoms with E-state index in [1.807, 2.05) is 5.38 Å². The molecule has 2 heterocycles. The van der Waals surface area contributed by atoms with Crippen LogP contribution >= 0.6 is 11.3 Å². The zero-order valence-electron chi connectivity index (χ0n) is 11.7. The van der Waals surface area contributed by atoms with Crippen LogP contribution in [-0.4, -0.2) is 16.0 Å². The highest BCUT2D eigenvalue weighted by molar-refractivity contribution is 7.16. The minimum absolute atomic E-state index is 0.477. The van der Waals surface area contributed by atoms with E-state index in [1.54, 1.807) is 11.3 Å². The van der Waals surface area contributed by atoms with Gasteiger partial charge in [-0.25, -0.2) is 10.8 Å². The maximum atomic E-state index is 5.46. The zero-order chi connectivity index (χ0) is 13.9. The summed E-state index contributed by atoms with van der Waals surface area (Å²) in [5, 5.41) is 6.74. The molecule has 2 atom stereocenters. The second-order valence-corrected chi connectivity index (χ2v) is 6.36. The van der Waals surface area contributed by atoms with E-state index in [0.29, 0.717) is 12.0 Å². The fourth-order valence-corrected chi connectivity index (χ4v) is 3.78. The first-order chi connectivity index (χ1) is 9.80. The maximum Gasteiger partial charge on any atom is 0.240 e. The Morgan fingerprint density at radius 2 is 2.30 bits per heavy atom. The third-order valence-electron chi connectivity index (χ3n) is 4.16. The summed E-state index contributed by atoms with van der Waals surface area (Å²) in [4.78, 5) is 9.83. The Labute approximate surface area is 123 Å². The van der Waals surface area contributed by atoms with Crippen LogP contribution in [0.15, 0.2) is 11.4 Å². The zero-order valence-corrected chi connectivity index (χ0v) is 12.5. The topological polar surface area (TPSA) is 75.9 Å². The van der Waals surface area contributed by atoms with E-state index < -0.39 is 0 Å². The number of hydrogen-bond acceptors (Lipinski definition) is 6. The highest BCUT2D eigenvalue weighted by Gasteiger charge is 2.22. The Balaban J connectivity index is 1.84. The molecule has 0 spiro atoms. The summed E-state index contributed by atoms with van der Waals surface area (Å²) in [6, 6.07) is 2.58. The van der Waals surface area contributed by atoms with Crippen LogP contribution in [0.3, 0.4) is 0 Å². The SMILES string of the molecule is CCC1CCCC(Nc2nc(NN)nc3sccc23)C1. The molecule has 5 nitrogen and oxygen atoms in total. The van der Waals surface area contributed by atoms with Crippen LogP contribution in [0, 0.1) is 5.92 Å². The van der Waals surface area contributed by atoms with Gasteiger partial charge in [-0.1, -0.05) is 26.2 Å². The molecule has 108 valence electrons. The monoisotopic (exact) mass is 291 g/mol. The molecular weight excluding hydrogens is 270 g/mol. The van der Waals surface area contributed by atoms with Crippen LogP contribution < -0.4 is 16.6 Å². The van der Waals surface area contributed by atoms with Gasteiger partial charge in [-0.15, -0.1) is 11.3 Å². The van der Waals surface area contributed by atoms with E-state index in [-0.39, 0.29) is 0 Å². The number of hydrazine groups is 1. The quantitative estimate of drug-likeness (QED) is 0.595. The molecule has 1 fully saturated rings. The summed E-state index contributed by atoms with van der Waals surface area (Å²) in [6.07, 6.45) is 6.39. The van der Waals surface area contributed by atoms with Crippen molar-refractivity contribution in [3.8, 4) is 0 Å². The lowest BCUT2D eigenvalue weighted by Gasteiger charge is -2.29. The third-order valence-corrected chi connectivity index (χ3v) is 4.96. The van der Waals surface area contributed by atoms with Crippen LogP contribution in [0.2, 0.25) is 0 Å². The molecule has 0 aromatic carbocycles. The summed E-state index contributed by atoms with van der Waals surface area (Å²) in [6.45, 7) is 2.28. The number of nitrogens with two attached hydrogens (primary N) is 1. The molecule has 6 heteroatoms. The number of aromatic nitrogens is 2. The Bertz CT molecular complexity index is 582. The van der Waals surface area contributed by atoms with Gasteiger partial charge >= 0.3 is 0 Å². The highest BCUT2D eigenvalue weighted by atomic mass is 32.1. The number of nitrogens with one attached hydrogen (secondary N) is 2. The normalized spacial score (nSPS) is 22.9. The van der Waals surface area contributed by atoms with Gasteiger partial charge in [0.15, 0.2) is 0 Å². The minimum Gasteiger partial charge on any atom is -0.367 e. The third kappa shape index (κ3) is 2.71. The van der Waals surface area contributed by atoms with E-state index in [0.717, 1.165) is 22.0 Å². The molecule has 0 amide bonds. The first-order valence-electron chi connectivity index (χ1n) is 7.28. The number of hydrogen-bond donors (Lipinski definition) is 3. The average molecular weight is 291 g/mol. The van der Waals surface area contributed by atoms with E-state index in [1.165, 1.54) is 32.1 Å². The van der Waals surface area contributed by atoms with Crippen LogP contribution in [0.5, 0.6) is 0 Å². The molecule has 20 heavy (non-hydrogen) atoms. The van der Waals surface area contributed by atoms with Gasteiger partial charge in [0.25, 0.3) is 0 Å². The molecule has 1 saturated carbocycles. The van der Waals surface area contributed by atoms with E-state index in [4.69, 9.17) is 5.84 Å². The molecule has 4 N–H and O–H groups in total. The summed E-state index contributed by atoms with van der Waals surface area (Å²) < 4.78 is 0. The van der Waals surface area contributed by atoms with Gasteiger partial charge in [0, 0.05) is 6.04 Å². The standard InChI is InChI=1S/C14H21N5S/c1-2-9-4-3-5-10(8-9)16-12-11-6-7-20-13(11)18-14(17-12)19-15/h6-7,9-10H,2-5,8,15H2,1H3,(H2,16,17,18,19). The van der Waals surface area contributed by atoms with Crippen molar-refractivity contribution in [3.63, 3.8) is 0 Å². The fourth-order valence-electron chi connectivity index (χ4n) is 3.02. The molecule has 0 radical (unpaired) electrons. The Hall–Kier alpha value is -1.40. The number of nitrogens with zero attached hydrogens (tertiary/aromatic N) is 2. The minimum atomic E-state index is 0.477. The number of rotatable bonds is 4. The van der Waals surface area contributed by atoms with E-state index in [9.17, 15) is 0 Å². The molecule has 1 aliphatic rings. The van der Waals surface area contributed by atoms with Crippen LogP contribution in [0.4, 0.5) is 11.8 Å². The van der Waals surface area contributed by atoms with Gasteiger partial charge in [-0.3, -0.25) is 5.43 Å². The predicted octanol–water partition coefficient (Wildman–Crippen LogP) is 3.36. The molecule has 2 unspecified atom stereocenters. The van der Waals surface area contributed by atoms with Crippen molar-refractivity contribution in [1.29, 1.82) is 0 Å². The van der Waals surface area contributed by atoms with Gasteiger partial charge in [-0.05, 0) is 30.2 Å². The van der Waals surface area contributed by atoms with Gasteiger partial charge in [0.1, 0.15) is 10.6 Å². The second-order valence-electron chi connectivity index (χ2n) is 5.46. The fraction of sp³-hybridized carbons (Fsp3) is 0.571. The second kappa shape index (κ2) is 5.93. The molecule has 0 saturated heterocycles. The van der Waals surface area contributed by atoms with Gasteiger partial charge in [-0.2, -0.15) is 4.98 Å². The lowest BCUT2D eigenvalue weighted by molar-refractivity contribution is 0.327. The first-order valence-corrected chi connectivity index (χ1v) is 8.16. The van der Waals surface area contributed by atoms with Crippen LogP contribution in [0.1, 0.15) is 39.0 Å². The first kappa shape index (κ1) is 13.6. The molecule has 0 aliphatic heterocycles. The van der Waals surface area contributed by atoms with Crippen molar-refractivity contribution >= 4 is 33.3 Å². The Morgan fingerprint density at radius 3 is 3.10 bits per heavy atom. The molecule has 3 rings (SSSR count). The lowest BCUT2D eigenvalue weighted by atomic mass is 9.84. The van der Waals surface area contributed by atoms with Gasteiger partial charge in [0.2, 0.25) is 5.95 Å². The summed E-state index contributed by atoms with van der Waals surface area (Å²) >= 11 is 1.61. The van der Waals surface area contributed by atoms with Crippen LogP contribution in [0.25, 0.3) is 10.2 Å². The van der Waals surface area contributed by atoms with Crippen molar-refractivity contribution in [2.24, 2.45) is 11.8 Å². The van der Waals surface area contributed by atoms with Gasteiger partial charge in [0.05, 0.1) is 5.39 Å². The smallest absolute Gasteiger partial charge is 0.240 e. The largest absolute Gasteiger partial charge is 0.367 e. The Kier molecular flexibility index (Phi) is 4.03. The summed E-state index contributed by atoms with van der Waals surface area (Å²) in [5.74, 6) is 7.68. The summed E-state index contributed by atoms with van der Waals surface area (Å²) in [7, 11) is 0. The molecule has 2 aromatic rings. The van der Waals surface area contributed by atoms with E-state index in [2.05, 4.69) is 33.7 Å². The predicted molar refractivity (Wildman–Crippen MR) is 84.9 cm³/mol. The van der Waals surface area contributed by atoms with Crippen molar-refractivity contribution in [1.82, 2.24) is 9.97 Å². The molecular formula is C14H21N5S. The number of thiophene rings is 1.